The van der Waals surface area contributed by atoms with Gasteiger partial charge in [0.1, 0.15) is 5.82 Å². The van der Waals surface area contributed by atoms with Gasteiger partial charge in [-0.3, -0.25) is 4.98 Å². The normalized spacial score (nSPS) is 14.8. The number of anilines is 2. The Morgan fingerprint density at radius 2 is 2.05 bits per heavy atom. The second kappa shape index (κ2) is 5.68. The van der Waals surface area contributed by atoms with Gasteiger partial charge in [0, 0.05) is 23.5 Å². The average molecular weight is 283 g/mol. The van der Waals surface area contributed by atoms with Crippen LogP contribution in [0.4, 0.5) is 11.8 Å². The van der Waals surface area contributed by atoms with Crippen molar-refractivity contribution < 1.29 is 0 Å². The van der Waals surface area contributed by atoms with Crippen molar-refractivity contribution in [3.05, 3.63) is 41.3 Å². The largest absolute Gasteiger partial charge is 0.383 e. The van der Waals surface area contributed by atoms with E-state index in [9.17, 15) is 0 Å². The van der Waals surface area contributed by atoms with Crippen molar-refractivity contribution >= 4 is 11.8 Å². The summed E-state index contributed by atoms with van der Waals surface area (Å²) in [5.74, 6) is 1.30. The van der Waals surface area contributed by atoms with Crippen molar-refractivity contribution in [1.82, 2.24) is 15.0 Å². The monoisotopic (exact) mass is 283 g/mol. The molecule has 2 aromatic rings. The van der Waals surface area contributed by atoms with Crippen LogP contribution >= 0.6 is 0 Å². The van der Waals surface area contributed by atoms with Gasteiger partial charge in [0.25, 0.3) is 0 Å². The molecule has 0 spiro atoms. The Kier molecular flexibility index (Phi) is 3.73. The van der Waals surface area contributed by atoms with E-state index in [1.54, 1.807) is 0 Å². The van der Waals surface area contributed by atoms with Gasteiger partial charge < -0.3 is 10.6 Å². The van der Waals surface area contributed by atoms with Gasteiger partial charge in [-0.2, -0.15) is 4.98 Å². The van der Waals surface area contributed by atoms with Crippen molar-refractivity contribution in [2.45, 2.75) is 45.7 Å². The number of pyridine rings is 1. The highest BCUT2D eigenvalue weighted by atomic mass is 15.3. The van der Waals surface area contributed by atoms with Crippen LogP contribution in [0.3, 0.4) is 0 Å². The van der Waals surface area contributed by atoms with Crippen molar-refractivity contribution in [2.24, 2.45) is 0 Å². The number of rotatable bonds is 4. The van der Waals surface area contributed by atoms with Crippen LogP contribution < -0.4 is 10.6 Å². The molecule has 0 bridgehead atoms. The van der Waals surface area contributed by atoms with E-state index >= 15 is 0 Å². The molecule has 1 aliphatic rings. The number of nitrogens with zero attached hydrogens (tertiary/aromatic N) is 4. The van der Waals surface area contributed by atoms with Crippen LogP contribution in [0.5, 0.6) is 0 Å². The van der Waals surface area contributed by atoms with Crippen LogP contribution in [-0.2, 0) is 6.54 Å². The number of aryl methyl sites for hydroxylation is 1. The lowest BCUT2D eigenvalue weighted by Gasteiger charge is -2.37. The molecule has 0 atom stereocenters. The van der Waals surface area contributed by atoms with Crippen LogP contribution in [0.25, 0.3) is 0 Å². The first kappa shape index (κ1) is 13.8. The third-order valence-corrected chi connectivity index (χ3v) is 4.25. The van der Waals surface area contributed by atoms with E-state index in [-0.39, 0.29) is 0 Å². The lowest BCUT2D eigenvalue weighted by molar-refractivity contribution is 0.378. The average Bonchev–Trinajstić information content (AvgIpc) is 2.43. The van der Waals surface area contributed by atoms with Gasteiger partial charge in [-0.25, -0.2) is 4.98 Å². The fourth-order valence-electron chi connectivity index (χ4n) is 2.49. The first-order chi connectivity index (χ1) is 10.1. The molecule has 1 fully saturated rings. The molecule has 2 aromatic heterocycles. The summed E-state index contributed by atoms with van der Waals surface area (Å²) in [4.78, 5) is 15.8. The minimum Gasteiger partial charge on any atom is -0.383 e. The minimum absolute atomic E-state index is 0.494. The molecule has 3 rings (SSSR count). The molecule has 0 saturated heterocycles. The fraction of sp³-hybridized carbons (Fsp3) is 0.438. The van der Waals surface area contributed by atoms with Gasteiger partial charge in [0.05, 0.1) is 12.2 Å². The third-order valence-electron chi connectivity index (χ3n) is 4.25. The van der Waals surface area contributed by atoms with E-state index in [0.717, 1.165) is 29.4 Å². The Balaban J connectivity index is 1.92. The van der Waals surface area contributed by atoms with E-state index in [4.69, 9.17) is 5.73 Å². The number of nitrogens with two attached hydrogens (primary N) is 1. The highest BCUT2D eigenvalue weighted by Crippen LogP contribution is 2.30. The standard InChI is InChI=1S/C16H21N5/c1-11-12(2)19-16(20-15(11)17)21(14-7-5-8-14)10-13-6-3-4-9-18-13/h3-4,6,9,14H,5,7-8,10H2,1-2H3,(H2,17,19,20). The maximum atomic E-state index is 6.02. The SMILES string of the molecule is Cc1nc(N(Cc2ccccn2)C2CCC2)nc(N)c1C. The van der Waals surface area contributed by atoms with Crippen LogP contribution in [0, 0.1) is 13.8 Å². The summed E-state index contributed by atoms with van der Waals surface area (Å²) in [7, 11) is 0. The van der Waals surface area contributed by atoms with E-state index in [1.165, 1.54) is 19.3 Å². The molecule has 110 valence electrons. The summed E-state index contributed by atoms with van der Waals surface area (Å²) in [6, 6.07) is 6.47. The molecule has 0 radical (unpaired) electrons. The molecule has 21 heavy (non-hydrogen) atoms. The Labute approximate surface area is 125 Å². The van der Waals surface area contributed by atoms with Gasteiger partial charge in [0.15, 0.2) is 0 Å². The number of nitrogen functional groups attached to an aromatic ring is 1. The zero-order chi connectivity index (χ0) is 14.8. The molecule has 0 amide bonds. The summed E-state index contributed by atoms with van der Waals surface area (Å²) in [5, 5.41) is 0. The second-order valence-electron chi connectivity index (χ2n) is 5.65. The highest BCUT2D eigenvalue weighted by Gasteiger charge is 2.28. The Hall–Kier alpha value is -2.17. The first-order valence-corrected chi connectivity index (χ1v) is 7.42. The maximum absolute atomic E-state index is 6.02. The van der Waals surface area contributed by atoms with E-state index in [0.29, 0.717) is 11.9 Å². The van der Waals surface area contributed by atoms with Crippen LogP contribution in [0.2, 0.25) is 0 Å². The van der Waals surface area contributed by atoms with Crippen LogP contribution in [0.1, 0.15) is 36.2 Å². The van der Waals surface area contributed by atoms with Gasteiger partial charge in [0.2, 0.25) is 5.95 Å². The topological polar surface area (TPSA) is 67.9 Å². The summed E-state index contributed by atoms with van der Waals surface area (Å²) in [5.41, 5.74) is 8.96. The zero-order valence-electron chi connectivity index (χ0n) is 12.6. The quantitative estimate of drug-likeness (QED) is 0.934. The van der Waals surface area contributed by atoms with Gasteiger partial charge in [-0.1, -0.05) is 6.07 Å². The third kappa shape index (κ3) is 2.82. The number of hydrogen-bond donors (Lipinski definition) is 1. The molecule has 2 N–H and O–H groups in total. The summed E-state index contributed by atoms with van der Waals surface area (Å²) in [6.45, 7) is 4.67. The van der Waals surface area contributed by atoms with Gasteiger partial charge >= 0.3 is 0 Å². The molecule has 0 unspecified atom stereocenters. The summed E-state index contributed by atoms with van der Waals surface area (Å²) in [6.07, 6.45) is 5.46. The second-order valence-corrected chi connectivity index (χ2v) is 5.65. The summed E-state index contributed by atoms with van der Waals surface area (Å²) >= 11 is 0. The molecular weight excluding hydrogens is 262 g/mol. The van der Waals surface area contributed by atoms with Crippen LogP contribution in [0.15, 0.2) is 24.4 Å². The first-order valence-electron chi connectivity index (χ1n) is 7.42. The molecule has 1 aliphatic carbocycles. The van der Waals surface area contributed by atoms with Crippen molar-refractivity contribution in [3.63, 3.8) is 0 Å². The Morgan fingerprint density at radius 3 is 2.62 bits per heavy atom. The maximum Gasteiger partial charge on any atom is 0.228 e. The smallest absolute Gasteiger partial charge is 0.228 e. The van der Waals surface area contributed by atoms with Gasteiger partial charge in [-0.05, 0) is 45.2 Å². The predicted molar refractivity (Wildman–Crippen MR) is 84.0 cm³/mol. The number of hydrogen-bond acceptors (Lipinski definition) is 5. The van der Waals surface area contributed by atoms with E-state index in [2.05, 4.69) is 19.9 Å². The molecule has 0 aromatic carbocycles. The molecule has 2 heterocycles. The Bertz CT molecular complexity index is 599. The molecule has 5 heteroatoms. The number of aromatic nitrogens is 3. The van der Waals surface area contributed by atoms with Crippen molar-refractivity contribution in [2.75, 3.05) is 10.6 Å². The van der Waals surface area contributed by atoms with Crippen molar-refractivity contribution in [1.29, 1.82) is 0 Å². The zero-order valence-corrected chi connectivity index (χ0v) is 12.6. The molecule has 5 nitrogen and oxygen atoms in total. The molecule has 0 aliphatic heterocycles. The lowest BCUT2D eigenvalue weighted by atomic mass is 9.91. The van der Waals surface area contributed by atoms with E-state index < -0.39 is 0 Å². The van der Waals surface area contributed by atoms with Crippen molar-refractivity contribution in [3.8, 4) is 0 Å². The minimum atomic E-state index is 0.494. The molecule has 1 saturated carbocycles. The van der Waals surface area contributed by atoms with Crippen LogP contribution in [-0.4, -0.2) is 21.0 Å². The van der Waals surface area contributed by atoms with E-state index in [1.807, 2.05) is 38.2 Å². The highest BCUT2D eigenvalue weighted by molar-refractivity contribution is 5.47. The summed E-state index contributed by atoms with van der Waals surface area (Å²) < 4.78 is 0. The predicted octanol–water partition coefficient (Wildman–Crippen LogP) is 2.63. The fourth-order valence-corrected chi connectivity index (χ4v) is 2.49. The van der Waals surface area contributed by atoms with Gasteiger partial charge in [-0.15, -0.1) is 0 Å². The Morgan fingerprint density at radius 1 is 1.24 bits per heavy atom. The molecular formula is C16H21N5. The lowest BCUT2D eigenvalue weighted by Crippen LogP contribution is -2.41.